The lowest BCUT2D eigenvalue weighted by Crippen LogP contribution is -2.54. The second-order valence-corrected chi connectivity index (χ2v) is 16.0. The van der Waals surface area contributed by atoms with Crippen LogP contribution in [0.15, 0.2) is 18.2 Å². The third-order valence-electron chi connectivity index (χ3n) is 10.9. The molecule has 1 atom stereocenters. The van der Waals surface area contributed by atoms with Crippen LogP contribution in [0, 0.1) is 0 Å². The minimum Gasteiger partial charge on any atom is -0.463 e. The summed E-state index contributed by atoms with van der Waals surface area (Å²) in [6.45, 7) is 6.96. The maximum atomic E-state index is 13.2. The molecule has 15 nitrogen and oxygen atoms in total. The number of piperidine rings is 1. The molecule has 1 unspecified atom stereocenters. The molecule has 2 aliphatic heterocycles. The van der Waals surface area contributed by atoms with Crippen molar-refractivity contribution < 1.29 is 57.2 Å². The first-order valence-corrected chi connectivity index (χ1v) is 23.5. The molecule has 5 amide bonds. The van der Waals surface area contributed by atoms with E-state index in [-0.39, 0.29) is 54.6 Å². The number of rotatable bonds is 39. The average molecular weight is 874 g/mol. The van der Waals surface area contributed by atoms with Crippen molar-refractivity contribution in [2.24, 2.45) is 0 Å². The van der Waals surface area contributed by atoms with Crippen molar-refractivity contribution in [3.63, 3.8) is 0 Å². The quantitative estimate of drug-likeness (QED) is 0.0378. The Bertz CT molecular complexity index is 1470. The summed E-state index contributed by atoms with van der Waals surface area (Å²) in [7, 11) is 0. The van der Waals surface area contributed by atoms with Gasteiger partial charge in [-0.1, -0.05) is 109 Å². The van der Waals surface area contributed by atoms with Crippen molar-refractivity contribution in [1.29, 1.82) is 0 Å². The van der Waals surface area contributed by atoms with E-state index in [0.29, 0.717) is 78.9 Å². The van der Waals surface area contributed by atoms with Gasteiger partial charge < -0.3 is 33.7 Å². The molecule has 2 N–H and O–H groups in total. The van der Waals surface area contributed by atoms with Gasteiger partial charge in [-0.25, -0.2) is 0 Å². The molecule has 1 aromatic rings. The first-order chi connectivity index (χ1) is 30.3. The number of ether oxygens (including phenoxy) is 6. The van der Waals surface area contributed by atoms with Gasteiger partial charge in [-0.15, -0.1) is 0 Å². The van der Waals surface area contributed by atoms with Crippen molar-refractivity contribution in [2.75, 3.05) is 78.0 Å². The number of nitrogens with one attached hydrogen (secondary N) is 2. The first kappa shape index (κ1) is 52.6. The Morgan fingerprint density at radius 2 is 1.08 bits per heavy atom. The van der Waals surface area contributed by atoms with Crippen molar-refractivity contribution in [1.82, 2.24) is 10.2 Å². The zero-order valence-corrected chi connectivity index (χ0v) is 37.5. The minimum absolute atomic E-state index is 0.0291. The van der Waals surface area contributed by atoms with Crippen molar-refractivity contribution in [3.05, 3.63) is 29.3 Å². The van der Waals surface area contributed by atoms with E-state index in [1.807, 2.05) is 0 Å². The fraction of sp³-hybridized carbons (Fsp3) is 0.745. The molecule has 2 heterocycles. The average Bonchev–Trinajstić information content (AvgIpc) is 3.51. The maximum absolute atomic E-state index is 13.2. The van der Waals surface area contributed by atoms with E-state index in [2.05, 4.69) is 17.6 Å². The molecule has 62 heavy (non-hydrogen) atoms. The summed E-state index contributed by atoms with van der Waals surface area (Å²) in [6.07, 6.45) is 22.4. The number of hydrogen-bond acceptors (Lipinski definition) is 12. The van der Waals surface area contributed by atoms with Crippen LogP contribution in [0.25, 0.3) is 0 Å². The molecule has 1 saturated heterocycles. The number of nitrogens with zero attached hydrogens (tertiary/aromatic N) is 1. The predicted molar refractivity (Wildman–Crippen MR) is 235 cm³/mol. The van der Waals surface area contributed by atoms with Gasteiger partial charge in [0.25, 0.3) is 11.8 Å². The van der Waals surface area contributed by atoms with Crippen LogP contribution in [0.5, 0.6) is 0 Å². The third-order valence-corrected chi connectivity index (χ3v) is 10.9. The lowest BCUT2D eigenvalue weighted by atomic mass is 10.0. The molecule has 0 aromatic heterocycles. The molecule has 2 aliphatic rings. The van der Waals surface area contributed by atoms with Gasteiger partial charge >= 0.3 is 5.97 Å². The topological polar surface area (TPSA) is 185 Å². The molecule has 350 valence electrons. The number of carbonyl (C=O) groups is 6. The molecule has 0 spiro atoms. The molecule has 15 heteroatoms. The van der Waals surface area contributed by atoms with Crippen molar-refractivity contribution >= 4 is 41.2 Å². The monoisotopic (exact) mass is 874 g/mol. The summed E-state index contributed by atoms with van der Waals surface area (Å²) in [5, 5.41) is 4.91. The molecule has 1 aromatic carbocycles. The number of carbonyl (C=O) groups excluding carboxylic acids is 6. The number of hydrogen-bond donors (Lipinski definition) is 2. The van der Waals surface area contributed by atoms with E-state index in [1.54, 1.807) is 12.1 Å². The number of fused-ring (bicyclic) bond motifs is 1. The van der Waals surface area contributed by atoms with Gasteiger partial charge in [-0.05, 0) is 37.8 Å². The van der Waals surface area contributed by atoms with Crippen LogP contribution in [0.3, 0.4) is 0 Å². The lowest BCUT2D eigenvalue weighted by molar-refractivity contribution is -0.145. The van der Waals surface area contributed by atoms with E-state index in [4.69, 9.17) is 28.4 Å². The van der Waals surface area contributed by atoms with Crippen LogP contribution in [0.1, 0.15) is 169 Å². The Labute approximate surface area is 369 Å². The van der Waals surface area contributed by atoms with Crippen LogP contribution in [-0.4, -0.2) is 119 Å². The van der Waals surface area contributed by atoms with E-state index >= 15 is 0 Å². The van der Waals surface area contributed by atoms with Gasteiger partial charge in [0.05, 0.1) is 76.3 Å². The normalized spacial score (nSPS) is 15.0. The van der Waals surface area contributed by atoms with Gasteiger partial charge in [-0.3, -0.25) is 39.0 Å². The van der Waals surface area contributed by atoms with Crippen LogP contribution in [-0.2, 0) is 47.6 Å². The summed E-state index contributed by atoms with van der Waals surface area (Å²) in [6, 6.07) is 3.54. The highest BCUT2D eigenvalue weighted by Crippen LogP contribution is 2.32. The molecule has 0 bridgehead atoms. The van der Waals surface area contributed by atoms with E-state index in [9.17, 15) is 28.8 Å². The lowest BCUT2D eigenvalue weighted by Gasteiger charge is -2.27. The maximum Gasteiger partial charge on any atom is 0.305 e. The highest BCUT2D eigenvalue weighted by Gasteiger charge is 2.45. The van der Waals surface area contributed by atoms with Gasteiger partial charge in [0.1, 0.15) is 12.6 Å². The molecule has 3 rings (SSSR count). The van der Waals surface area contributed by atoms with Crippen LogP contribution in [0.2, 0.25) is 0 Å². The van der Waals surface area contributed by atoms with E-state index < -0.39 is 29.7 Å². The second kappa shape index (κ2) is 33.8. The van der Waals surface area contributed by atoms with Crippen molar-refractivity contribution in [2.45, 2.75) is 154 Å². The SMILES string of the molecule is CCCCCCCCCCCCCCCCCC(=O)OCCOCCOCCOCCOCCOCCCCCC(=O)Nc1cccc2c1C(=O)N(C1CCC(=O)NC1=O)C2=O. The van der Waals surface area contributed by atoms with Gasteiger partial charge in [0.15, 0.2) is 0 Å². The molecule has 0 saturated carbocycles. The fourth-order valence-electron chi connectivity index (χ4n) is 7.41. The third kappa shape index (κ3) is 22.0. The largest absolute Gasteiger partial charge is 0.463 e. The number of unbranched alkanes of at least 4 members (excludes halogenated alkanes) is 16. The van der Waals surface area contributed by atoms with Crippen LogP contribution >= 0.6 is 0 Å². The van der Waals surface area contributed by atoms with Gasteiger partial charge in [0, 0.05) is 25.9 Å². The molecular formula is C47H75N3O12. The Balaban J connectivity index is 1.01. The molecule has 0 radical (unpaired) electrons. The molecule has 1 fully saturated rings. The summed E-state index contributed by atoms with van der Waals surface area (Å²) < 4.78 is 32.9. The number of esters is 1. The highest BCUT2D eigenvalue weighted by molar-refractivity contribution is 6.26. The Morgan fingerprint density at radius 1 is 0.597 bits per heavy atom. The highest BCUT2D eigenvalue weighted by atomic mass is 16.6. The van der Waals surface area contributed by atoms with Gasteiger partial charge in [0.2, 0.25) is 17.7 Å². The second-order valence-electron chi connectivity index (χ2n) is 16.0. The Hall–Kier alpha value is -3.76. The Kier molecular flexibility index (Phi) is 28.6. The number of benzene rings is 1. The summed E-state index contributed by atoms with van der Waals surface area (Å²) >= 11 is 0. The Morgan fingerprint density at radius 3 is 1.63 bits per heavy atom. The summed E-state index contributed by atoms with van der Waals surface area (Å²) in [5.41, 5.74) is 0.386. The summed E-state index contributed by atoms with van der Waals surface area (Å²) in [4.78, 5) is 75.6. The predicted octanol–water partition coefficient (Wildman–Crippen LogP) is 7.47. The van der Waals surface area contributed by atoms with Gasteiger partial charge in [-0.2, -0.15) is 0 Å². The van der Waals surface area contributed by atoms with Crippen LogP contribution in [0.4, 0.5) is 5.69 Å². The number of amides is 5. The minimum atomic E-state index is -1.07. The molecule has 0 aliphatic carbocycles. The summed E-state index contributed by atoms with van der Waals surface area (Å²) in [5.74, 6) is -2.86. The fourth-order valence-corrected chi connectivity index (χ4v) is 7.41. The standard InChI is InChI=1S/C47H75N3O12/c1-2-3-4-5-6-7-8-9-10-11-12-13-14-15-18-24-43(53)62-37-36-61-35-34-60-33-32-59-31-30-58-29-28-57-27-19-16-17-23-41(51)48-39-22-20-21-38-44(39)47(56)50(46(38)55)40-25-26-42(52)49-45(40)54/h20-22,40H,2-19,23-37H2,1H3,(H,48,51)(H,49,52,54). The van der Waals surface area contributed by atoms with Crippen LogP contribution < -0.4 is 10.6 Å². The van der Waals surface area contributed by atoms with E-state index in [1.165, 1.54) is 89.5 Å². The smallest absolute Gasteiger partial charge is 0.305 e. The zero-order valence-electron chi connectivity index (χ0n) is 37.5. The molecular weight excluding hydrogens is 799 g/mol. The first-order valence-electron chi connectivity index (χ1n) is 23.5. The van der Waals surface area contributed by atoms with Crippen molar-refractivity contribution in [3.8, 4) is 0 Å². The zero-order chi connectivity index (χ0) is 44.5. The number of imide groups is 2. The van der Waals surface area contributed by atoms with E-state index in [0.717, 1.165) is 30.6 Å². The number of anilines is 1.